The van der Waals surface area contributed by atoms with E-state index in [0.717, 1.165) is 25.9 Å². The molecule has 0 aliphatic carbocycles. The number of nitrogens with one attached hydrogen (secondary N) is 1. The summed E-state index contributed by atoms with van der Waals surface area (Å²) in [6.07, 6.45) is 2.64. The molecule has 3 aromatic rings. The van der Waals surface area contributed by atoms with E-state index in [2.05, 4.69) is 10.5 Å². The Bertz CT molecular complexity index is 1210. The maximum Gasteiger partial charge on any atom is 0.348 e. The van der Waals surface area contributed by atoms with Crippen molar-refractivity contribution in [1.29, 1.82) is 0 Å². The molecule has 4 heterocycles. The van der Waals surface area contributed by atoms with E-state index in [0.29, 0.717) is 39.5 Å². The number of quaternary nitrogens is 1. The van der Waals surface area contributed by atoms with E-state index in [1.54, 1.807) is 68.8 Å². The molecule has 1 atom stereocenters. The molecule has 0 spiro atoms. The summed E-state index contributed by atoms with van der Waals surface area (Å²) >= 11 is 0. The maximum atomic E-state index is 13.8. The van der Waals surface area contributed by atoms with Crippen molar-refractivity contribution in [2.24, 2.45) is 5.92 Å². The standard InChI is InChI=1S/C28H31N3O7.BrH/c1-35-22-7-3-20(4-8-22)28(34,21-5-9-23(36-2)10-6-21)27(33)38-24-17-31(14-11-19(24)12-15-31)18-26(32)29-25-13-16-37-30-25;/h3-10,13,16,19,24,34H,11-12,14-15,17-18H2,1-2H3;1H/t19?,24-,31?;/m0./s1. The number of rotatable bonds is 9. The SMILES string of the molecule is COc1ccc(C(O)(C(=O)O[C@H]2C[N+]3(CC(=O)Nc4ccon4)CCC2CC3)c2ccc(OC)cc2)cc1.[Br-]. The predicted octanol–water partition coefficient (Wildman–Crippen LogP) is -0.277. The molecule has 3 fully saturated rings. The highest BCUT2D eigenvalue weighted by molar-refractivity contribution is 5.90. The van der Waals surface area contributed by atoms with Gasteiger partial charge in [-0.2, -0.15) is 0 Å². The molecule has 11 heteroatoms. The Morgan fingerprint density at radius 3 is 2.05 bits per heavy atom. The Kier molecular flexibility index (Phi) is 8.63. The summed E-state index contributed by atoms with van der Waals surface area (Å²) in [6.45, 7) is 2.40. The Morgan fingerprint density at radius 2 is 1.56 bits per heavy atom. The number of hydrogen-bond acceptors (Lipinski definition) is 8. The number of esters is 1. The molecule has 208 valence electrons. The third kappa shape index (κ3) is 5.80. The van der Waals surface area contributed by atoms with Crippen LogP contribution in [0.4, 0.5) is 5.82 Å². The molecular formula is C28H32BrN3O7. The lowest BCUT2D eigenvalue weighted by molar-refractivity contribution is -0.939. The zero-order valence-corrected chi connectivity index (χ0v) is 23.4. The minimum absolute atomic E-state index is 0. The number of nitrogens with zero attached hydrogens (tertiary/aromatic N) is 2. The van der Waals surface area contributed by atoms with Crippen LogP contribution in [0.3, 0.4) is 0 Å². The zero-order chi connectivity index (χ0) is 26.8. The quantitative estimate of drug-likeness (QED) is 0.254. The van der Waals surface area contributed by atoms with Gasteiger partial charge in [0.15, 0.2) is 18.5 Å². The lowest BCUT2D eigenvalue weighted by atomic mass is 9.82. The van der Waals surface area contributed by atoms with E-state index in [4.69, 9.17) is 18.7 Å². The molecule has 2 N–H and O–H groups in total. The van der Waals surface area contributed by atoms with Crippen molar-refractivity contribution in [3.8, 4) is 11.5 Å². The van der Waals surface area contributed by atoms with Crippen LogP contribution in [0.2, 0.25) is 0 Å². The average Bonchev–Trinajstić information content (AvgIpc) is 3.46. The summed E-state index contributed by atoms with van der Waals surface area (Å²) in [5.41, 5.74) is -1.31. The van der Waals surface area contributed by atoms with Crippen LogP contribution >= 0.6 is 0 Å². The fourth-order valence-electron chi connectivity index (χ4n) is 5.63. The second kappa shape index (κ2) is 11.8. The van der Waals surface area contributed by atoms with Crippen LogP contribution in [0.25, 0.3) is 0 Å². The minimum Gasteiger partial charge on any atom is -1.00 e. The molecule has 2 bridgehead atoms. The second-order valence-electron chi connectivity index (χ2n) is 10.0. The largest absolute Gasteiger partial charge is 1.00 e. The molecule has 1 aromatic heterocycles. The number of carbonyl (C=O) groups excluding carboxylic acids is 2. The van der Waals surface area contributed by atoms with E-state index in [1.807, 2.05) is 0 Å². The number of hydrogen-bond donors (Lipinski definition) is 2. The first-order valence-electron chi connectivity index (χ1n) is 12.6. The van der Waals surface area contributed by atoms with Gasteiger partial charge in [-0.05, 0) is 35.4 Å². The first-order valence-corrected chi connectivity index (χ1v) is 12.6. The summed E-state index contributed by atoms with van der Waals surface area (Å²) in [5, 5.41) is 18.5. The molecule has 2 aromatic carbocycles. The van der Waals surface area contributed by atoms with E-state index in [-0.39, 0.29) is 35.4 Å². The number of fused-ring (bicyclic) bond motifs is 3. The van der Waals surface area contributed by atoms with Crippen LogP contribution in [0.15, 0.2) is 65.4 Å². The number of methoxy groups -OCH3 is 2. The van der Waals surface area contributed by atoms with Gasteiger partial charge in [0.1, 0.15) is 24.3 Å². The van der Waals surface area contributed by atoms with Crippen LogP contribution in [-0.2, 0) is 19.9 Å². The van der Waals surface area contributed by atoms with Gasteiger partial charge in [-0.1, -0.05) is 29.4 Å². The van der Waals surface area contributed by atoms with E-state index in [9.17, 15) is 14.7 Å². The van der Waals surface area contributed by atoms with Gasteiger partial charge < -0.3 is 50.6 Å². The van der Waals surface area contributed by atoms with Crippen LogP contribution in [0, 0.1) is 5.92 Å². The van der Waals surface area contributed by atoms with Crippen molar-refractivity contribution in [2.75, 3.05) is 45.7 Å². The summed E-state index contributed by atoms with van der Waals surface area (Å²) < 4.78 is 21.9. The second-order valence-corrected chi connectivity index (χ2v) is 10.0. The van der Waals surface area contributed by atoms with Crippen molar-refractivity contribution < 1.29 is 54.9 Å². The number of anilines is 1. The first-order chi connectivity index (χ1) is 18.3. The Balaban J connectivity index is 0.00000353. The molecular weight excluding hydrogens is 570 g/mol. The molecule has 3 aliphatic heterocycles. The molecule has 10 nitrogen and oxygen atoms in total. The van der Waals surface area contributed by atoms with Crippen molar-refractivity contribution >= 4 is 17.7 Å². The molecule has 0 saturated carbocycles. The van der Waals surface area contributed by atoms with Gasteiger partial charge in [-0.3, -0.25) is 4.79 Å². The van der Waals surface area contributed by atoms with Gasteiger partial charge in [-0.25, -0.2) is 4.79 Å². The highest BCUT2D eigenvalue weighted by Crippen LogP contribution is 2.39. The number of ether oxygens (including phenoxy) is 3. The third-order valence-electron chi connectivity index (χ3n) is 7.80. The van der Waals surface area contributed by atoms with Gasteiger partial charge in [-0.15, -0.1) is 0 Å². The lowest BCUT2D eigenvalue weighted by Gasteiger charge is -2.51. The van der Waals surface area contributed by atoms with Gasteiger partial charge >= 0.3 is 5.97 Å². The highest BCUT2D eigenvalue weighted by Gasteiger charge is 2.51. The molecule has 0 radical (unpaired) electrons. The van der Waals surface area contributed by atoms with Crippen LogP contribution in [0.1, 0.15) is 24.0 Å². The van der Waals surface area contributed by atoms with E-state index >= 15 is 0 Å². The topological polar surface area (TPSA) is 120 Å². The van der Waals surface area contributed by atoms with Crippen LogP contribution < -0.4 is 31.8 Å². The predicted molar refractivity (Wildman–Crippen MR) is 136 cm³/mol. The molecule has 3 saturated heterocycles. The van der Waals surface area contributed by atoms with Gasteiger partial charge in [0.05, 0.1) is 27.3 Å². The number of carbonyl (C=O) groups is 2. The Morgan fingerprint density at radius 1 is 1.00 bits per heavy atom. The smallest absolute Gasteiger partial charge is 0.348 e. The third-order valence-corrected chi connectivity index (χ3v) is 7.80. The summed E-state index contributed by atoms with van der Waals surface area (Å²) in [7, 11) is 3.11. The number of amides is 1. The summed E-state index contributed by atoms with van der Waals surface area (Å²) in [5.74, 6) is 0.827. The minimum atomic E-state index is -2.04. The number of halogens is 1. The van der Waals surface area contributed by atoms with Gasteiger partial charge in [0.25, 0.3) is 5.91 Å². The van der Waals surface area contributed by atoms with Crippen molar-refractivity contribution in [3.63, 3.8) is 0 Å². The first kappa shape index (κ1) is 28.6. The average molecular weight is 602 g/mol. The van der Waals surface area contributed by atoms with Gasteiger partial charge in [0.2, 0.25) is 5.60 Å². The normalized spacial score (nSPS) is 21.9. The summed E-state index contributed by atoms with van der Waals surface area (Å²) in [6, 6.07) is 15.0. The van der Waals surface area contributed by atoms with Crippen molar-refractivity contribution in [3.05, 3.63) is 72.0 Å². The molecule has 6 rings (SSSR count). The number of benzene rings is 2. The van der Waals surface area contributed by atoms with E-state index < -0.39 is 17.7 Å². The fraction of sp³-hybridized carbons (Fsp3) is 0.393. The molecule has 3 aliphatic rings. The molecule has 1 amide bonds. The van der Waals surface area contributed by atoms with Crippen LogP contribution in [-0.4, -0.2) is 73.1 Å². The zero-order valence-electron chi connectivity index (χ0n) is 21.8. The number of aliphatic hydroxyl groups is 1. The number of aromatic nitrogens is 1. The Hall–Kier alpha value is -3.41. The fourth-order valence-corrected chi connectivity index (χ4v) is 5.63. The Labute approximate surface area is 237 Å². The van der Waals surface area contributed by atoms with E-state index in [1.165, 1.54) is 6.26 Å². The van der Waals surface area contributed by atoms with Crippen LogP contribution in [0.5, 0.6) is 11.5 Å². The van der Waals surface area contributed by atoms with Crippen molar-refractivity contribution in [2.45, 2.75) is 24.5 Å². The molecule has 0 unspecified atom stereocenters. The lowest BCUT2D eigenvalue weighted by Crippen LogP contribution is -3.00. The monoisotopic (exact) mass is 601 g/mol. The van der Waals surface area contributed by atoms with Gasteiger partial charge in [0, 0.05) is 24.8 Å². The highest BCUT2D eigenvalue weighted by atomic mass is 79.9. The molecule has 39 heavy (non-hydrogen) atoms. The summed E-state index contributed by atoms with van der Waals surface area (Å²) in [4.78, 5) is 26.6. The maximum absolute atomic E-state index is 13.8. The van der Waals surface area contributed by atoms with Crippen molar-refractivity contribution in [1.82, 2.24) is 5.16 Å². The number of piperidine rings is 3.